The summed E-state index contributed by atoms with van der Waals surface area (Å²) < 4.78 is 16.6. The van der Waals surface area contributed by atoms with Crippen LogP contribution in [0.2, 0.25) is 0 Å². The number of ether oxygens (including phenoxy) is 3. The first-order valence-corrected chi connectivity index (χ1v) is 9.31. The highest BCUT2D eigenvalue weighted by atomic mass is 16.5. The molecule has 2 aromatic carbocycles. The Balaban J connectivity index is 1.80. The lowest BCUT2D eigenvalue weighted by Gasteiger charge is -2.47. The van der Waals surface area contributed by atoms with E-state index in [-0.39, 0.29) is 11.9 Å². The molecular weight excluding hydrogens is 342 g/mol. The molecule has 144 valence electrons. The van der Waals surface area contributed by atoms with Crippen molar-refractivity contribution >= 4 is 5.91 Å². The van der Waals surface area contributed by atoms with Gasteiger partial charge in [-0.25, -0.2) is 0 Å². The number of rotatable bonds is 9. The van der Waals surface area contributed by atoms with E-state index < -0.39 is 6.10 Å². The molecule has 0 bridgehead atoms. The molecule has 1 aliphatic heterocycles. The Morgan fingerprint density at radius 2 is 1.85 bits per heavy atom. The maximum absolute atomic E-state index is 12.8. The number of methoxy groups -OCH3 is 2. The van der Waals surface area contributed by atoms with Crippen molar-refractivity contribution in [2.24, 2.45) is 0 Å². The molecule has 5 nitrogen and oxygen atoms in total. The van der Waals surface area contributed by atoms with Crippen LogP contribution >= 0.6 is 0 Å². The van der Waals surface area contributed by atoms with Crippen molar-refractivity contribution in [3.05, 3.63) is 59.7 Å². The number of likely N-dealkylation sites (tertiary alicyclic amines) is 1. The van der Waals surface area contributed by atoms with E-state index in [1.807, 2.05) is 60.4 Å². The van der Waals surface area contributed by atoms with Gasteiger partial charge < -0.3 is 19.1 Å². The molecule has 0 unspecified atom stereocenters. The monoisotopic (exact) mass is 369 g/mol. The Labute approximate surface area is 160 Å². The molecule has 0 radical (unpaired) electrons. The number of para-hydroxylation sites is 1. The van der Waals surface area contributed by atoms with Gasteiger partial charge in [-0.3, -0.25) is 4.79 Å². The predicted molar refractivity (Wildman–Crippen MR) is 104 cm³/mol. The number of carbonyl (C=O) groups excluding carboxylic acids is 1. The van der Waals surface area contributed by atoms with Crippen molar-refractivity contribution in [2.75, 3.05) is 27.4 Å². The van der Waals surface area contributed by atoms with Crippen molar-refractivity contribution in [2.45, 2.75) is 31.9 Å². The lowest BCUT2D eigenvalue weighted by Crippen LogP contribution is -2.61. The summed E-state index contributed by atoms with van der Waals surface area (Å²) in [5, 5.41) is 0. The smallest absolute Gasteiger partial charge is 0.266 e. The number of unbranched alkanes of at least 4 members (excludes halogenated alkanes) is 1. The molecule has 5 heteroatoms. The van der Waals surface area contributed by atoms with Crippen LogP contribution in [0.3, 0.4) is 0 Å². The number of carbonyl (C=O) groups is 1. The molecule has 2 atom stereocenters. The van der Waals surface area contributed by atoms with Crippen LogP contribution in [-0.4, -0.2) is 44.3 Å². The van der Waals surface area contributed by atoms with E-state index in [1.165, 1.54) is 0 Å². The first-order valence-electron chi connectivity index (χ1n) is 9.31. The average molecular weight is 369 g/mol. The van der Waals surface area contributed by atoms with Crippen LogP contribution in [0.4, 0.5) is 0 Å². The third-order valence-corrected chi connectivity index (χ3v) is 4.93. The van der Waals surface area contributed by atoms with E-state index in [0.717, 1.165) is 35.5 Å². The summed E-state index contributed by atoms with van der Waals surface area (Å²) in [6.45, 7) is 3.38. The summed E-state index contributed by atoms with van der Waals surface area (Å²) in [5.74, 6) is 1.56. The molecule has 0 N–H and O–H groups in total. The molecule has 3 rings (SSSR count). The molecule has 1 aliphatic rings. The zero-order chi connectivity index (χ0) is 19.2. The minimum Gasteiger partial charge on any atom is -0.497 e. The van der Waals surface area contributed by atoms with Gasteiger partial charge in [0.25, 0.3) is 5.91 Å². The van der Waals surface area contributed by atoms with Crippen molar-refractivity contribution in [1.29, 1.82) is 0 Å². The maximum Gasteiger partial charge on any atom is 0.266 e. The summed E-state index contributed by atoms with van der Waals surface area (Å²) in [6.07, 6.45) is 1.31. The Morgan fingerprint density at radius 1 is 1.04 bits per heavy atom. The van der Waals surface area contributed by atoms with Gasteiger partial charge in [-0.05, 0) is 49.1 Å². The van der Waals surface area contributed by atoms with E-state index >= 15 is 0 Å². The van der Waals surface area contributed by atoms with E-state index in [2.05, 4.69) is 0 Å². The van der Waals surface area contributed by atoms with Gasteiger partial charge in [-0.15, -0.1) is 0 Å². The third-order valence-electron chi connectivity index (χ3n) is 4.93. The largest absolute Gasteiger partial charge is 0.497 e. The summed E-state index contributed by atoms with van der Waals surface area (Å²) >= 11 is 0. The highest BCUT2D eigenvalue weighted by Crippen LogP contribution is 2.39. The van der Waals surface area contributed by atoms with Crippen LogP contribution in [0.15, 0.2) is 48.5 Å². The number of aryl methyl sites for hydroxylation is 1. The molecule has 1 amide bonds. The van der Waals surface area contributed by atoms with E-state index in [1.54, 1.807) is 14.2 Å². The number of hydrogen-bond acceptors (Lipinski definition) is 4. The van der Waals surface area contributed by atoms with Gasteiger partial charge in [0.05, 0.1) is 7.11 Å². The second-order valence-electron chi connectivity index (χ2n) is 6.76. The standard InChI is InChI=1S/C22H27NO4/c1-16-9-4-5-12-19(16)27-21-20(17-10-8-11-18(15-17)26-3)23(22(21)24)13-6-7-14-25-2/h4-5,8-12,15,20-21H,6-7,13-14H2,1-3H3/t20-,21+/m1/s1. The van der Waals surface area contributed by atoms with Crippen LogP contribution < -0.4 is 9.47 Å². The van der Waals surface area contributed by atoms with Crippen LogP contribution in [0, 0.1) is 6.92 Å². The zero-order valence-electron chi connectivity index (χ0n) is 16.2. The van der Waals surface area contributed by atoms with Crippen LogP contribution in [0.1, 0.15) is 30.0 Å². The minimum atomic E-state index is -0.513. The topological polar surface area (TPSA) is 48.0 Å². The quantitative estimate of drug-likeness (QED) is 0.499. The van der Waals surface area contributed by atoms with E-state index in [0.29, 0.717) is 13.2 Å². The second-order valence-corrected chi connectivity index (χ2v) is 6.76. The average Bonchev–Trinajstić information content (AvgIpc) is 2.70. The number of β-lactam (4-membered cyclic amide) rings is 1. The van der Waals surface area contributed by atoms with Gasteiger partial charge in [-0.2, -0.15) is 0 Å². The fourth-order valence-corrected chi connectivity index (χ4v) is 3.42. The van der Waals surface area contributed by atoms with Gasteiger partial charge in [0.2, 0.25) is 6.10 Å². The molecule has 0 aliphatic carbocycles. The first kappa shape index (κ1) is 19.2. The van der Waals surface area contributed by atoms with Crippen molar-refractivity contribution in [3.8, 4) is 11.5 Å². The van der Waals surface area contributed by atoms with Crippen molar-refractivity contribution < 1.29 is 19.0 Å². The summed E-state index contributed by atoms with van der Waals surface area (Å²) in [6, 6.07) is 15.5. The molecule has 1 heterocycles. The minimum absolute atomic E-state index is 0.0310. The molecule has 2 aromatic rings. The van der Waals surface area contributed by atoms with Crippen LogP contribution in [-0.2, 0) is 9.53 Å². The lowest BCUT2D eigenvalue weighted by atomic mass is 9.90. The van der Waals surface area contributed by atoms with Gasteiger partial charge in [-0.1, -0.05) is 30.3 Å². The summed E-state index contributed by atoms with van der Waals surface area (Å²) in [4.78, 5) is 14.7. The van der Waals surface area contributed by atoms with Crippen LogP contribution in [0.25, 0.3) is 0 Å². The Morgan fingerprint density at radius 3 is 2.59 bits per heavy atom. The zero-order valence-corrected chi connectivity index (χ0v) is 16.2. The molecular formula is C22H27NO4. The van der Waals surface area contributed by atoms with Gasteiger partial charge >= 0.3 is 0 Å². The fourth-order valence-electron chi connectivity index (χ4n) is 3.42. The number of benzene rings is 2. The molecule has 0 saturated carbocycles. The van der Waals surface area contributed by atoms with Crippen LogP contribution in [0.5, 0.6) is 11.5 Å². The van der Waals surface area contributed by atoms with Crippen molar-refractivity contribution in [1.82, 2.24) is 4.90 Å². The van der Waals surface area contributed by atoms with Gasteiger partial charge in [0.15, 0.2) is 0 Å². The third kappa shape index (κ3) is 4.25. The number of hydrogen-bond donors (Lipinski definition) is 0. The fraction of sp³-hybridized carbons (Fsp3) is 0.409. The highest BCUT2D eigenvalue weighted by molar-refractivity contribution is 5.89. The van der Waals surface area contributed by atoms with Gasteiger partial charge in [0.1, 0.15) is 17.5 Å². The molecule has 0 aromatic heterocycles. The number of amides is 1. The lowest BCUT2D eigenvalue weighted by molar-refractivity contribution is -0.164. The molecule has 1 saturated heterocycles. The first-order chi connectivity index (χ1) is 13.2. The molecule has 0 spiro atoms. The SMILES string of the molecule is COCCCCN1C(=O)[C@@H](Oc2ccccc2C)[C@H]1c1cccc(OC)c1. The van der Waals surface area contributed by atoms with E-state index in [4.69, 9.17) is 14.2 Å². The van der Waals surface area contributed by atoms with Gasteiger partial charge in [0, 0.05) is 20.3 Å². The number of nitrogens with zero attached hydrogens (tertiary/aromatic N) is 1. The normalized spacial score (nSPS) is 18.9. The Bertz CT molecular complexity index is 776. The summed E-state index contributed by atoms with van der Waals surface area (Å²) in [5.41, 5.74) is 2.05. The van der Waals surface area contributed by atoms with E-state index in [9.17, 15) is 4.79 Å². The molecule has 1 fully saturated rings. The Hall–Kier alpha value is -2.53. The second kappa shape index (κ2) is 8.91. The highest BCUT2D eigenvalue weighted by Gasteiger charge is 2.49. The molecule has 27 heavy (non-hydrogen) atoms. The van der Waals surface area contributed by atoms with Crippen molar-refractivity contribution in [3.63, 3.8) is 0 Å². The maximum atomic E-state index is 12.8. The predicted octanol–water partition coefficient (Wildman–Crippen LogP) is 3.76. The summed E-state index contributed by atoms with van der Waals surface area (Å²) in [7, 11) is 3.34. The Kier molecular flexibility index (Phi) is 6.35.